The SMILES string of the molecule is COc1cc(C2N=C(Nc3ccc(N)c(C=N)c3C)N(C)N2)ccc1C(=O)NCCN(C)C. The van der Waals surface area contributed by atoms with Crippen LogP contribution in [-0.4, -0.2) is 69.3 Å². The third-order valence-electron chi connectivity index (χ3n) is 5.45. The Bertz CT molecular complexity index is 1070. The lowest BCUT2D eigenvalue weighted by atomic mass is 10.1. The predicted octanol–water partition coefficient (Wildman–Crippen LogP) is 1.79. The monoisotopic (exact) mass is 452 g/mol. The largest absolute Gasteiger partial charge is 0.496 e. The van der Waals surface area contributed by atoms with Crippen molar-refractivity contribution in [1.29, 1.82) is 5.41 Å². The first kappa shape index (κ1) is 24.0. The highest BCUT2D eigenvalue weighted by atomic mass is 16.5. The van der Waals surface area contributed by atoms with E-state index in [0.29, 0.717) is 35.1 Å². The van der Waals surface area contributed by atoms with Crippen LogP contribution in [0.3, 0.4) is 0 Å². The summed E-state index contributed by atoms with van der Waals surface area (Å²) in [6.45, 7) is 3.21. The number of aliphatic imine (C=N–C) groups is 1. The molecule has 1 unspecified atom stereocenters. The molecule has 1 aliphatic rings. The number of hydrazine groups is 1. The van der Waals surface area contributed by atoms with Crippen LogP contribution in [0.1, 0.15) is 33.2 Å². The summed E-state index contributed by atoms with van der Waals surface area (Å²) in [6.07, 6.45) is 0.898. The van der Waals surface area contributed by atoms with Gasteiger partial charge in [-0.2, -0.15) is 0 Å². The Morgan fingerprint density at radius 3 is 2.79 bits per heavy atom. The first-order valence-corrected chi connectivity index (χ1v) is 10.6. The van der Waals surface area contributed by atoms with Gasteiger partial charge in [-0.05, 0) is 56.4 Å². The number of nitrogen functional groups attached to an aromatic ring is 1. The highest BCUT2D eigenvalue weighted by Crippen LogP contribution is 2.28. The molecule has 0 fully saturated rings. The van der Waals surface area contributed by atoms with Crippen LogP contribution < -0.4 is 26.5 Å². The molecule has 1 amide bonds. The number of likely N-dealkylation sites (N-methyl/N-ethyl adjacent to an activating group) is 1. The van der Waals surface area contributed by atoms with Crippen molar-refractivity contribution in [3.63, 3.8) is 0 Å². The molecule has 0 radical (unpaired) electrons. The summed E-state index contributed by atoms with van der Waals surface area (Å²) >= 11 is 0. The van der Waals surface area contributed by atoms with E-state index >= 15 is 0 Å². The number of amides is 1. The van der Waals surface area contributed by atoms with E-state index < -0.39 is 0 Å². The Morgan fingerprint density at radius 1 is 1.36 bits per heavy atom. The minimum absolute atomic E-state index is 0.177. The molecule has 0 saturated heterocycles. The molecule has 1 atom stereocenters. The van der Waals surface area contributed by atoms with Crippen molar-refractivity contribution in [3.05, 3.63) is 52.6 Å². The fraction of sp³-hybridized carbons (Fsp3) is 0.348. The third kappa shape index (κ3) is 5.41. The van der Waals surface area contributed by atoms with Gasteiger partial charge < -0.3 is 31.4 Å². The second-order valence-electron chi connectivity index (χ2n) is 8.07. The summed E-state index contributed by atoms with van der Waals surface area (Å²) in [4.78, 5) is 19.3. The second-order valence-corrected chi connectivity index (χ2v) is 8.07. The molecule has 6 N–H and O–H groups in total. The number of guanidine groups is 1. The number of carbonyl (C=O) groups is 1. The fourth-order valence-corrected chi connectivity index (χ4v) is 3.50. The zero-order valence-corrected chi connectivity index (χ0v) is 19.7. The fourth-order valence-electron chi connectivity index (χ4n) is 3.50. The quantitative estimate of drug-likeness (QED) is 0.305. The van der Waals surface area contributed by atoms with Gasteiger partial charge in [0.15, 0.2) is 0 Å². The summed E-state index contributed by atoms with van der Waals surface area (Å²) in [5.41, 5.74) is 13.5. The van der Waals surface area contributed by atoms with Crippen LogP contribution in [0.15, 0.2) is 35.3 Å². The van der Waals surface area contributed by atoms with Crippen molar-refractivity contribution < 1.29 is 9.53 Å². The molecule has 0 bridgehead atoms. The van der Waals surface area contributed by atoms with Crippen molar-refractivity contribution in [3.8, 4) is 5.75 Å². The van der Waals surface area contributed by atoms with Crippen molar-refractivity contribution in [2.75, 3.05) is 52.4 Å². The minimum atomic E-state index is -0.353. The number of nitrogens with zero attached hydrogens (tertiary/aromatic N) is 3. The highest BCUT2D eigenvalue weighted by molar-refractivity contribution is 5.98. The number of hydrogen-bond donors (Lipinski definition) is 5. The Hall–Kier alpha value is -3.63. The van der Waals surface area contributed by atoms with Gasteiger partial charge in [-0.3, -0.25) is 9.80 Å². The van der Waals surface area contributed by atoms with E-state index in [0.717, 1.165) is 23.4 Å². The topological polar surface area (TPSA) is 131 Å². The van der Waals surface area contributed by atoms with Crippen LogP contribution in [0.5, 0.6) is 5.75 Å². The molecule has 0 aromatic heterocycles. The number of nitrogens with one attached hydrogen (secondary N) is 4. The van der Waals surface area contributed by atoms with Crippen LogP contribution in [0.2, 0.25) is 0 Å². The molecule has 0 spiro atoms. The van der Waals surface area contributed by atoms with Crippen LogP contribution >= 0.6 is 0 Å². The lowest BCUT2D eigenvalue weighted by molar-refractivity contribution is 0.0948. The summed E-state index contributed by atoms with van der Waals surface area (Å²) in [5.74, 6) is 0.928. The molecule has 33 heavy (non-hydrogen) atoms. The smallest absolute Gasteiger partial charge is 0.255 e. The summed E-state index contributed by atoms with van der Waals surface area (Å²) < 4.78 is 5.49. The van der Waals surface area contributed by atoms with Crippen molar-refractivity contribution in [2.24, 2.45) is 4.99 Å². The van der Waals surface area contributed by atoms with E-state index in [4.69, 9.17) is 20.9 Å². The molecule has 1 heterocycles. The molecular formula is C23H32N8O2. The number of benzene rings is 2. The first-order valence-electron chi connectivity index (χ1n) is 10.6. The average Bonchev–Trinajstić information content (AvgIpc) is 3.15. The van der Waals surface area contributed by atoms with Crippen LogP contribution in [0, 0.1) is 12.3 Å². The van der Waals surface area contributed by atoms with Crippen molar-refractivity contribution in [1.82, 2.24) is 20.7 Å². The Kier molecular flexibility index (Phi) is 7.52. The number of rotatable bonds is 8. The number of nitrogens with two attached hydrogens (primary N) is 1. The van der Waals surface area contributed by atoms with Gasteiger partial charge in [0.1, 0.15) is 11.9 Å². The molecule has 0 saturated carbocycles. The highest BCUT2D eigenvalue weighted by Gasteiger charge is 2.25. The van der Waals surface area contributed by atoms with Gasteiger partial charge in [0, 0.05) is 43.3 Å². The first-order chi connectivity index (χ1) is 15.7. The maximum Gasteiger partial charge on any atom is 0.255 e. The normalized spacial score (nSPS) is 15.4. The second kappa shape index (κ2) is 10.3. The standard InChI is InChI=1S/C23H32N8O2/c1-14-17(13-24)18(25)8-9-19(14)27-23-28-21(29-31(23)4)15-6-7-16(20(12-15)33-5)22(32)26-10-11-30(2)3/h6-9,12-13,21,24,29H,10-11,25H2,1-5H3,(H,26,32)(H,27,28). The van der Waals surface area contributed by atoms with E-state index in [-0.39, 0.29) is 12.1 Å². The molecule has 2 aromatic carbocycles. The van der Waals surface area contributed by atoms with Gasteiger partial charge in [0.05, 0.1) is 12.7 Å². The van der Waals surface area contributed by atoms with E-state index in [1.165, 1.54) is 6.21 Å². The zero-order valence-electron chi connectivity index (χ0n) is 19.7. The predicted molar refractivity (Wildman–Crippen MR) is 132 cm³/mol. The van der Waals surface area contributed by atoms with E-state index in [1.807, 2.05) is 51.2 Å². The molecule has 3 rings (SSSR count). The Balaban J connectivity index is 1.79. The number of methoxy groups -OCH3 is 1. The average molecular weight is 453 g/mol. The van der Waals surface area contributed by atoms with Crippen LogP contribution in [0.4, 0.5) is 11.4 Å². The lowest BCUT2D eigenvalue weighted by Gasteiger charge is -2.19. The van der Waals surface area contributed by atoms with Crippen molar-refractivity contribution in [2.45, 2.75) is 13.1 Å². The van der Waals surface area contributed by atoms with Crippen LogP contribution in [-0.2, 0) is 0 Å². The molecule has 0 aliphatic carbocycles. The van der Waals surface area contributed by atoms with Crippen molar-refractivity contribution >= 4 is 29.5 Å². The van der Waals surface area contributed by atoms with Gasteiger partial charge in [0.2, 0.25) is 5.96 Å². The van der Waals surface area contributed by atoms with Gasteiger partial charge in [0.25, 0.3) is 5.91 Å². The van der Waals surface area contributed by atoms with E-state index in [2.05, 4.69) is 16.1 Å². The third-order valence-corrected chi connectivity index (χ3v) is 5.45. The Labute approximate surface area is 194 Å². The van der Waals surface area contributed by atoms with E-state index in [1.54, 1.807) is 24.3 Å². The van der Waals surface area contributed by atoms with E-state index in [9.17, 15) is 4.79 Å². The van der Waals surface area contributed by atoms with Gasteiger partial charge >= 0.3 is 0 Å². The molecule has 1 aliphatic heterocycles. The molecule has 2 aromatic rings. The maximum atomic E-state index is 12.6. The Morgan fingerprint density at radius 2 is 2.12 bits per heavy atom. The summed E-state index contributed by atoms with van der Waals surface area (Å²) in [7, 11) is 7.32. The lowest BCUT2D eigenvalue weighted by Crippen LogP contribution is -2.37. The number of anilines is 2. The number of hydrogen-bond acceptors (Lipinski definition) is 9. The van der Waals surface area contributed by atoms with Gasteiger partial charge in [-0.25, -0.2) is 10.4 Å². The maximum absolute atomic E-state index is 12.6. The number of ether oxygens (including phenoxy) is 1. The molecular weight excluding hydrogens is 420 g/mol. The van der Waals surface area contributed by atoms with Gasteiger partial charge in [-0.15, -0.1) is 0 Å². The summed E-state index contributed by atoms with van der Waals surface area (Å²) in [5, 5.41) is 15.6. The van der Waals surface area contributed by atoms with Gasteiger partial charge in [-0.1, -0.05) is 6.07 Å². The molecule has 10 nitrogen and oxygen atoms in total. The molecule has 10 heteroatoms. The minimum Gasteiger partial charge on any atom is -0.496 e. The number of carbonyl (C=O) groups excluding carboxylic acids is 1. The summed E-state index contributed by atoms with van der Waals surface area (Å²) in [6, 6.07) is 9.07. The zero-order chi connectivity index (χ0) is 24.1. The molecule has 176 valence electrons. The van der Waals surface area contributed by atoms with Crippen LogP contribution in [0.25, 0.3) is 0 Å².